The Hall–Kier alpha value is -1.85. The Morgan fingerprint density at radius 1 is 0.958 bits per heavy atom. The van der Waals surface area contributed by atoms with Crippen molar-refractivity contribution in [3.63, 3.8) is 0 Å². The molecule has 0 aromatic carbocycles. The maximum absolute atomic E-state index is 5.02. The van der Waals surface area contributed by atoms with Crippen molar-refractivity contribution in [2.75, 3.05) is 36.0 Å². The van der Waals surface area contributed by atoms with E-state index >= 15 is 0 Å². The van der Waals surface area contributed by atoms with E-state index in [0.29, 0.717) is 11.8 Å². The summed E-state index contributed by atoms with van der Waals surface area (Å²) < 4.78 is 1.88. The van der Waals surface area contributed by atoms with Crippen LogP contribution in [0.1, 0.15) is 39.5 Å². The minimum atomic E-state index is 0.693. The van der Waals surface area contributed by atoms with Crippen LogP contribution in [0.25, 0.3) is 11.0 Å². The molecule has 6 heteroatoms. The van der Waals surface area contributed by atoms with Crippen molar-refractivity contribution in [3.05, 3.63) is 6.20 Å². The van der Waals surface area contributed by atoms with Gasteiger partial charge in [-0.15, -0.1) is 0 Å². The number of hydrogen-bond donors (Lipinski definition) is 0. The van der Waals surface area contributed by atoms with E-state index in [4.69, 9.17) is 9.97 Å². The second-order valence-corrected chi connectivity index (χ2v) is 7.75. The molecule has 2 atom stereocenters. The first kappa shape index (κ1) is 15.7. The lowest BCUT2D eigenvalue weighted by molar-refractivity contribution is 0.353. The smallest absolute Gasteiger partial charge is 0.229 e. The first-order chi connectivity index (χ1) is 11.6. The lowest BCUT2D eigenvalue weighted by Crippen LogP contribution is -2.40. The van der Waals surface area contributed by atoms with Crippen LogP contribution in [0, 0.1) is 11.8 Å². The molecule has 2 aliphatic rings. The van der Waals surface area contributed by atoms with E-state index in [2.05, 4.69) is 28.7 Å². The Balaban J connectivity index is 1.77. The zero-order valence-corrected chi connectivity index (χ0v) is 15.1. The first-order valence-electron chi connectivity index (χ1n) is 9.31. The van der Waals surface area contributed by atoms with Crippen LogP contribution in [-0.2, 0) is 7.05 Å². The quantitative estimate of drug-likeness (QED) is 0.848. The Morgan fingerprint density at radius 3 is 2.38 bits per heavy atom. The van der Waals surface area contributed by atoms with E-state index in [1.807, 2.05) is 17.9 Å². The third-order valence-electron chi connectivity index (χ3n) is 5.37. The predicted molar refractivity (Wildman–Crippen MR) is 97.5 cm³/mol. The van der Waals surface area contributed by atoms with Gasteiger partial charge in [0, 0.05) is 33.2 Å². The molecule has 2 aromatic heterocycles. The van der Waals surface area contributed by atoms with Gasteiger partial charge < -0.3 is 9.80 Å². The molecule has 4 heterocycles. The van der Waals surface area contributed by atoms with Gasteiger partial charge in [-0.3, -0.25) is 4.68 Å². The number of anilines is 2. The van der Waals surface area contributed by atoms with E-state index in [0.717, 1.165) is 49.0 Å². The number of aromatic nitrogens is 4. The highest BCUT2D eigenvalue weighted by atomic mass is 15.3. The number of hydrogen-bond acceptors (Lipinski definition) is 5. The van der Waals surface area contributed by atoms with Crippen molar-refractivity contribution >= 4 is 22.8 Å². The standard InChI is InChI=1S/C18H28N6/c1-13-9-14(2)12-24(11-13)18-20-16-15(10-19-22(16)3)17(21-18)23-7-5-4-6-8-23/h10,13-14H,4-9,11-12H2,1-3H3/t13-,14-/m0/s1. The highest BCUT2D eigenvalue weighted by Crippen LogP contribution is 2.30. The van der Waals surface area contributed by atoms with E-state index in [9.17, 15) is 0 Å². The molecule has 24 heavy (non-hydrogen) atoms. The molecule has 2 saturated heterocycles. The molecule has 0 N–H and O–H groups in total. The van der Waals surface area contributed by atoms with Crippen molar-refractivity contribution in [1.29, 1.82) is 0 Å². The fourth-order valence-corrected chi connectivity index (χ4v) is 4.31. The van der Waals surface area contributed by atoms with Crippen molar-refractivity contribution in [1.82, 2.24) is 19.7 Å². The molecule has 0 amide bonds. The summed E-state index contributed by atoms with van der Waals surface area (Å²) in [5.41, 5.74) is 0.950. The molecule has 4 rings (SSSR count). The predicted octanol–water partition coefficient (Wildman–Crippen LogP) is 2.84. The average molecular weight is 328 g/mol. The highest BCUT2D eigenvalue weighted by Gasteiger charge is 2.26. The normalized spacial score (nSPS) is 25.5. The molecule has 0 bridgehead atoms. The molecule has 6 nitrogen and oxygen atoms in total. The van der Waals surface area contributed by atoms with Crippen molar-refractivity contribution in [2.24, 2.45) is 18.9 Å². The molecular weight excluding hydrogens is 300 g/mol. The van der Waals surface area contributed by atoms with Gasteiger partial charge in [0.1, 0.15) is 5.82 Å². The van der Waals surface area contributed by atoms with E-state index in [1.165, 1.54) is 25.7 Å². The summed E-state index contributed by atoms with van der Waals surface area (Å²) in [4.78, 5) is 14.7. The summed E-state index contributed by atoms with van der Waals surface area (Å²) in [5, 5.41) is 5.52. The Labute approximate surface area is 143 Å². The number of fused-ring (bicyclic) bond motifs is 1. The van der Waals surface area contributed by atoms with Crippen LogP contribution in [0.15, 0.2) is 6.20 Å². The van der Waals surface area contributed by atoms with Gasteiger partial charge in [-0.1, -0.05) is 13.8 Å². The molecule has 2 aromatic rings. The number of rotatable bonds is 2. The molecule has 130 valence electrons. The van der Waals surface area contributed by atoms with Gasteiger partial charge in [-0.25, -0.2) is 0 Å². The second kappa shape index (κ2) is 6.22. The third-order valence-corrected chi connectivity index (χ3v) is 5.37. The first-order valence-corrected chi connectivity index (χ1v) is 9.31. The van der Waals surface area contributed by atoms with E-state index < -0.39 is 0 Å². The van der Waals surface area contributed by atoms with Gasteiger partial charge >= 0.3 is 0 Å². The Bertz CT molecular complexity index is 708. The topological polar surface area (TPSA) is 50.1 Å². The molecule has 0 radical (unpaired) electrons. The van der Waals surface area contributed by atoms with Gasteiger partial charge in [0.2, 0.25) is 5.95 Å². The van der Waals surface area contributed by atoms with Gasteiger partial charge in [0.05, 0.1) is 11.6 Å². The monoisotopic (exact) mass is 328 g/mol. The summed E-state index contributed by atoms with van der Waals surface area (Å²) in [6.07, 6.45) is 7.04. The molecule has 0 unspecified atom stereocenters. The summed E-state index contributed by atoms with van der Waals surface area (Å²) in [5.74, 6) is 3.34. The van der Waals surface area contributed by atoms with Gasteiger partial charge in [-0.05, 0) is 37.5 Å². The van der Waals surface area contributed by atoms with Crippen molar-refractivity contribution in [2.45, 2.75) is 39.5 Å². The van der Waals surface area contributed by atoms with E-state index in [-0.39, 0.29) is 0 Å². The van der Waals surface area contributed by atoms with Crippen LogP contribution in [0.4, 0.5) is 11.8 Å². The van der Waals surface area contributed by atoms with Gasteiger partial charge in [0.15, 0.2) is 5.65 Å². The Kier molecular flexibility index (Phi) is 4.06. The lowest BCUT2D eigenvalue weighted by atomic mass is 9.92. The number of nitrogens with zero attached hydrogens (tertiary/aromatic N) is 6. The highest BCUT2D eigenvalue weighted by molar-refractivity contribution is 5.88. The molecule has 0 spiro atoms. The van der Waals surface area contributed by atoms with Gasteiger partial charge in [0.25, 0.3) is 0 Å². The van der Waals surface area contributed by atoms with Crippen LogP contribution < -0.4 is 9.80 Å². The van der Waals surface area contributed by atoms with Crippen molar-refractivity contribution in [3.8, 4) is 0 Å². The molecule has 2 fully saturated rings. The maximum atomic E-state index is 5.02. The van der Waals surface area contributed by atoms with Crippen molar-refractivity contribution < 1.29 is 0 Å². The summed E-state index contributed by atoms with van der Waals surface area (Å²) >= 11 is 0. The van der Waals surface area contributed by atoms with Crippen LogP contribution >= 0.6 is 0 Å². The lowest BCUT2D eigenvalue weighted by Gasteiger charge is -2.36. The minimum Gasteiger partial charge on any atom is -0.356 e. The second-order valence-electron chi connectivity index (χ2n) is 7.75. The summed E-state index contributed by atoms with van der Waals surface area (Å²) in [6.45, 7) is 8.94. The SMILES string of the molecule is C[C@H]1C[C@H](C)CN(c2nc(N3CCCCC3)c3cnn(C)c3n2)C1. The maximum Gasteiger partial charge on any atom is 0.229 e. The zero-order valence-electron chi connectivity index (χ0n) is 15.1. The zero-order chi connectivity index (χ0) is 16.7. The Morgan fingerprint density at radius 2 is 1.67 bits per heavy atom. The molecule has 0 aliphatic carbocycles. The fraction of sp³-hybridized carbons (Fsp3) is 0.722. The third kappa shape index (κ3) is 2.82. The molecule has 0 saturated carbocycles. The van der Waals surface area contributed by atoms with Crippen LogP contribution in [-0.4, -0.2) is 45.9 Å². The molecular formula is C18H28N6. The average Bonchev–Trinajstić information content (AvgIpc) is 2.95. The number of piperidine rings is 2. The molecule has 2 aliphatic heterocycles. The number of aryl methyl sites for hydroxylation is 1. The van der Waals surface area contributed by atoms with Crippen LogP contribution in [0.5, 0.6) is 0 Å². The van der Waals surface area contributed by atoms with Crippen LogP contribution in [0.2, 0.25) is 0 Å². The van der Waals surface area contributed by atoms with Gasteiger partial charge in [-0.2, -0.15) is 15.1 Å². The largest absolute Gasteiger partial charge is 0.356 e. The van der Waals surface area contributed by atoms with Crippen LogP contribution in [0.3, 0.4) is 0 Å². The fourth-order valence-electron chi connectivity index (χ4n) is 4.31. The summed E-state index contributed by atoms with van der Waals surface area (Å²) in [6, 6.07) is 0. The minimum absolute atomic E-state index is 0.693. The summed E-state index contributed by atoms with van der Waals surface area (Å²) in [7, 11) is 1.97. The van der Waals surface area contributed by atoms with E-state index in [1.54, 1.807) is 0 Å².